The van der Waals surface area contributed by atoms with Crippen LogP contribution in [0.15, 0.2) is 59.1 Å². The summed E-state index contributed by atoms with van der Waals surface area (Å²) in [4.78, 5) is 28.1. The van der Waals surface area contributed by atoms with Crippen molar-refractivity contribution >= 4 is 39.1 Å². The average Bonchev–Trinajstić information content (AvgIpc) is 3.20. The molecule has 4 nitrogen and oxygen atoms in total. The van der Waals surface area contributed by atoms with E-state index in [2.05, 4.69) is 15.9 Å². The molecule has 5 heteroatoms. The monoisotopic (exact) mass is 342 g/mol. The second-order valence-electron chi connectivity index (χ2n) is 5.12. The maximum atomic E-state index is 12.5. The minimum absolute atomic E-state index is 0.142. The quantitative estimate of drug-likeness (QED) is 0.622. The summed E-state index contributed by atoms with van der Waals surface area (Å²) in [7, 11) is 0. The number of para-hydroxylation sites is 1. The molecule has 0 aromatic heterocycles. The van der Waals surface area contributed by atoms with Gasteiger partial charge in [-0.15, -0.1) is 0 Å². The first-order chi connectivity index (χ1) is 10.2. The number of rotatable bonds is 2. The van der Waals surface area contributed by atoms with E-state index < -0.39 is 0 Å². The Morgan fingerprint density at radius 3 is 1.90 bits per heavy atom. The highest BCUT2D eigenvalue weighted by Gasteiger charge is 2.66. The molecular weight excluding hydrogens is 332 g/mol. The third-order valence-electron chi connectivity index (χ3n) is 3.89. The molecule has 2 aliphatic rings. The largest absolute Gasteiger partial charge is 0.343 e. The van der Waals surface area contributed by atoms with Crippen molar-refractivity contribution in [1.29, 1.82) is 0 Å². The summed E-state index contributed by atoms with van der Waals surface area (Å²) in [6, 6.07) is 16.1. The van der Waals surface area contributed by atoms with Crippen molar-refractivity contribution in [2.24, 2.45) is 0 Å². The third-order valence-corrected chi connectivity index (χ3v) is 4.42. The number of anilines is 2. The van der Waals surface area contributed by atoms with Crippen LogP contribution in [0, 0.1) is 0 Å². The van der Waals surface area contributed by atoms with Crippen LogP contribution in [0.1, 0.15) is 0 Å². The van der Waals surface area contributed by atoms with Gasteiger partial charge >= 0.3 is 0 Å². The van der Waals surface area contributed by atoms with Crippen LogP contribution in [-0.4, -0.2) is 23.9 Å². The normalized spacial score (nSPS) is 23.5. The van der Waals surface area contributed by atoms with Gasteiger partial charge in [0, 0.05) is 10.2 Å². The summed E-state index contributed by atoms with van der Waals surface area (Å²) < 4.78 is 0.918. The molecule has 2 saturated heterocycles. The Hall–Kier alpha value is -2.14. The third kappa shape index (κ3) is 1.81. The highest BCUT2D eigenvalue weighted by Crippen LogP contribution is 2.43. The van der Waals surface area contributed by atoms with Gasteiger partial charge in [0.25, 0.3) is 11.8 Å². The van der Waals surface area contributed by atoms with Crippen molar-refractivity contribution in [3.05, 3.63) is 59.1 Å². The molecule has 0 aliphatic carbocycles. The van der Waals surface area contributed by atoms with Gasteiger partial charge in [0.15, 0.2) is 0 Å². The number of hydrogen-bond acceptors (Lipinski definition) is 3. The molecule has 104 valence electrons. The first kappa shape index (κ1) is 12.6. The lowest BCUT2D eigenvalue weighted by Gasteiger charge is -2.20. The van der Waals surface area contributed by atoms with Gasteiger partial charge < -0.3 is 4.90 Å². The first-order valence-electron chi connectivity index (χ1n) is 6.65. The van der Waals surface area contributed by atoms with E-state index in [4.69, 9.17) is 0 Å². The van der Waals surface area contributed by atoms with Crippen LogP contribution in [0.2, 0.25) is 0 Å². The van der Waals surface area contributed by atoms with Crippen molar-refractivity contribution in [1.82, 2.24) is 0 Å². The molecule has 2 heterocycles. The molecule has 2 amide bonds. The summed E-state index contributed by atoms with van der Waals surface area (Å²) in [5.74, 6) is -0.285. The van der Waals surface area contributed by atoms with E-state index in [1.54, 1.807) is 12.1 Å². The number of halogens is 1. The predicted molar refractivity (Wildman–Crippen MR) is 83.1 cm³/mol. The van der Waals surface area contributed by atoms with E-state index in [0.717, 1.165) is 10.2 Å². The van der Waals surface area contributed by atoms with Gasteiger partial charge in [-0.05, 0) is 36.4 Å². The van der Waals surface area contributed by atoms with Crippen molar-refractivity contribution in [2.45, 2.75) is 12.1 Å². The molecule has 0 saturated carbocycles. The Kier molecular flexibility index (Phi) is 2.65. The highest BCUT2D eigenvalue weighted by molar-refractivity contribution is 9.10. The first-order valence-corrected chi connectivity index (χ1v) is 7.44. The van der Waals surface area contributed by atoms with Gasteiger partial charge in [-0.1, -0.05) is 34.1 Å². The lowest BCUT2D eigenvalue weighted by Crippen LogP contribution is -2.38. The van der Waals surface area contributed by atoms with E-state index in [9.17, 15) is 9.59 Å². The van der Waals surface area contributed by atoms with Crippen LogP contribution in [0.4, 0.5) is 11.4 Å². The van der Waals surface area contributed by atoms with E-state index in [0.29, 0.717) is 5.69 Å². The Morgan fingerprint density at radius 2 is 1.33 bits per heavy atom. The fourth-order valence-corrected chi connectivity index (χ4v) is 3.14. The molecule has 2 atom stereocenters. The number of piperazine rings is 1. The van der Waals surface area contributed by atoms with Crippen molar-refractivity contribution in [3.8, 4) is 0 Å². The Labute approximate surface area is 130 Å². The fraction of sp³-hybridized carbons (Fsp3) is 0.125. The van der Waals surface area contributed by atoms with Gasteiger partial charge in [0.1, 0.15) is 12.1 Å². The lowest BCUT2D eigenvalue weighted by atomic mass is 10.3. The smallest absolute Gasteiger partial charge is 0.259 e. The molecule has 0 spiro atoms. The molecule has 0 bridgehead atoms. The van der Waals surface area contributed by atoms with E-state index in [-0.39, 0.29) is 23.9 Å². The zero-order valence-electron chi connectivity index (χ0n) is 10.9. The molecule has 2 aromatic rings. The van der Waals surface area contributed by atoms with Gasteiger partial charge in [-0.3, -0.25) is 9.59 Å². The zero-order chi connectivity index (χ0) is 14.6. The molecule has 2 aliphatic heterocycles. The molecule has 21 heavy (non-hydrogen) atoms. The maximum absolute atomic E-state index is 12.5. The van der Waals surface area contributed by atoms with Crippen LogP contribution in [0.3, 0.4) is 0 Å². The Bertz CT molecular complexity index is 708. The van der Waals surface area contributed by atoms with Crippen LogP contribution in [0.25, 0.3) is 0 Å². The van der Waals surface area contributed by atoms with Crippen molar-refractivity contribution in [2.75, 3.05) is 9.80 Å². The standard InChI is InChI=1S/C16H11BrN2O2/c17-10-6-8-12(9-7-10)19-15(20)13-14(16(19)21)18(13)11-4-2-1-3-5-11/h1-9,13-14H/t13-,14+,18?. The average molecular weight is 343 g/mol. The van der Waals surface area contributed by atoms with Gasteiger partial charge in [-0.2, -0.15) is 0 Å². The summed E-state index contributed by atoms with van der Waals surface area (Å²) in [5, 5.41) is 0. The lowest BCUT2D eigenvalue weighted by molar-refractivity contribution is -0.122. The molecule has 0 unspecified atom stereocenters. The van der Waals surface area contributed by atoms with Gasteiger partial charge in [-0.25, -0.2) is 4.90 Å². The molecule has 0 N–H and O–H groups in total. The van der Waals surface area contributed by atoms with Crippen molar-refractivity contribution in [3.63, 3.8) is 0 Å². The highest BCUT2D eigenvalue weighted by atomic mass is 79.9. The maximum Gasteiger partial charge on any atom is 0.259 e. The molecule has 0 radical (unpaired) electrons. The topological polar surface area (TPSA) is 40.4 Å². The second-order valence-corrected chi connectivity index (χ2v) is 6.04. The van der Waals surface area contributed by atoms with Gasteiger partial charge in [0.2, 0.25) is 0 Å². The number of fused-ring (bicyclic) bond motifs is 1. The molecule has 2 aromatic carbocycles. The minimum Gasteiger partial charge on any atom is -0.343 e. The SMILES string of the molecule is O=C1[C@@H]2[C@H](C(=O)N1c1ccc(Br)cc1)N2c1ccccc1. The van der Waals surface area contributed by atoms with Crippen LogP contribution in [-0.2, 0) is 9.59 Å². The molecule has 2 fully saturated rings. The number of carbonyl (C=O) groups excluding carboxylic acids is 2. The Balaban J connectivity index is 1.63. The molecular formula is C16H11BrN2O2. The number of benzene rings is 2. The van der Waals surface area contributed by atoms with Crippen LogP contribution in [0.5, 0.6) is 0 Å². The fourth-order valence-electron chi connectivity index (χ4n) is 2.88. The van der Waals surface area contributed by atoms with E-state index >= 15 is 0 Å². The summed E-state index contributed by atoms with van der Waals surface area (Å²) in [6.07, 6.45) is 0. The van der Waals surface area contributed by atoms with Crippen molar-refractivity contribution < 1.29 is 9.59 Å². The molecule has 4 rings (SSSR count). The Morgan fingerprint density at radius 1 is 0.762 bits per heavy atom. The van der Waals surface area contributed by atoms with E-state index in [1.807, 2.05) is 47.4 Å². The summed E-state index contributed by atoms with van der Waals surface area (Å²) in [6.45, 7) is 0. The minimum atomic E-state index is -0.344. The van der Waals surface area contributed by atoms with Crippen LogP contribution < -0.4 is 9.80 Å². The van der Waals surface area contributed by atoms with Crippen LogP contribution >= 0.6 is 15.9 Å². The number of amides is 2. The number of nitrogens with zero attached hydrogens (tertiary/aromatic N) is 2. The zero-order valence-corrected chi connectivity index (χ0v) is 12.5. The summed E-state index contributed by atoms with van der Waals surface area (Å²) in [5.41, 5.74) is 1.55. The second kappa shape index (κ2) is 4.43. The number of hydrogen-bond donors (Lipinski definition) is 0. The van der Waals surface area contributed by atoms with Gasteiger partial charge in [0.05, 0.1) is 5.69 Å². The summed E-state index contributed by atoms with van der Waals surface area (Å²) >= 11 is 3.35. The predicted octanol–water partition coefficient (Wildman–Crippen LogP) is 2.58. The number of carbonyl (C=O) groups is 2. The number of imide groups is 1. The van der Waals surface area contributed by atoms with E-state index in [1.165, 1.54) is 4.90 Å².